The van der Waals surface area contributed by atoms with Gasteiger partial charge in [-0.05, 0) is 33.7 Å². The second-order valence-corrected chi connectivity index (χ2v) is 3.99. The minimum atomic E-state index is -0.0753. The van der Waals surface area contributed by atoms with E-state index in [0.29, 0.717) is 6.10 Å². The molecule has 1 unspecified atom stereocenters. The van der Waals surface area contributed by atoms with Crippen molar-refractivity contribution in [2.24, 2.45) is 0 Å². The Morgan fingerprint density at radius 1 is 1.53 bits per heavy atom. The number of nitrogens with one attached hydrogen (secondary N) is 1. The number of likely N-dealkylation sites (N-methyl/N-ethyl adjacent to an activating group) is 1. The molecule has 0 aromatic carbocycles. The molecule has 0 aromatic rings. The van der Waals surface area contributed by atoms with Crippen LogP contribution in [0.15, 0.2) is 0 Å². The van der Waals surface area contributed by atoms with Crippen molar-refractivity contribution in [2.75, 3.05) is 26.7 Å². The molecule has 0 radical (unpaired) electrons. The summed E-state index contributed by atoms with van der Waals surface area (Å²) >= 11 is 0. The van der Waals surface area contributed by atoms with Gasteiger partial charge in [0.05, 0.1) is 12.1 Å². The number of ether oxygens (including phenoxy) is 1. The molecule has 0 bridgehead atoms. The molecule has 15 heavy (non-hydrogen) atoms. The molecule has 4 nitrogen and oxygen atoms in total. The fourth-order valence-electron chi connectivity index (χ4n) is 1.88. The molecule has 1 amide bonds. The maximum absolute atomic E-state index is 11.8. The minimum absolute atomic E-state index is 0.0753. The number of carbonyl (C=O) groups is 1. The summed E-state index contributed by atoms with van der Waals surface area (Å²) in [5.74, 6) is 0.201. The molecule has 1 rings (SSSR count). The summed E-state index contributed by atoms with van der Waals surface area (Å²) in [4.78, 5) is 13.7. The van der Waals surface area contributed by atoms with Gasteiger partial charge >= 0.3 is 0 Å². The molecule has 0 aliphatic carbocycles. The van der Waals surface area contributed by atoms with Crippen LogP contribution in [0.4, 0.5) is 0 Å². The fourth-order valence-corrected chi connectivity index (χ4v) is 1.88. The monoisotopic (exact) mass is 214 g/mol. The van der Waals surface area contributed by atoms with Gasteiger partial charge in [-0.3, -0.25) is 4.79 Å². The number of hydrogen-bond donors (Lipinski definition) is 1. The van der Waals surface area contributed by atoms with Crippen LogP contribution in [0.2, 0.25) is 0 Å². The standard InChI is InChI=1S/C11H22N2O2/c1-4-15-10-5-7-13(8-6-10)11(14)9(2)12-3/h9-10,12H,4-8H2,1-3H3. The highest BCUT2D eigenvalue weighted by molar-refractivity contribution is 5.81. The third-order valence-electron chi connectivity index (χ3n) is 2.96. The normalized spacial score (nSPS) is 20.3. The maximum atomic E-state index is 11.8. The van der Waals surface area contributed by atoms with Gasteiger partial charge in [0, 0.05) is 19.7 Å². The summed E-state index contributed by atoms with van der Waals surface area (Å²) in [5.41, 5.74) is 0. The lowest BCUT2D eigenvalue weighted by molar-refractivity contribution is -0.135. The van der Waals surface area contributed by atoms with Crippen molar-refractivity contribution in [3.05, 3.63) is 0 Å². The van der Waals surface area contributed by atoms with Crippen LogP contribution >= 0.6 is 0 Å². The predicted molar refractivity (Wildman–Crippen MR) is 59.7 cm³/mol. The first-order valence-corrected chi connectivity index (χ1v) is 5.76. The second kappa shape index (κ2) is 6.08. The van der Waals surface area contributed by atoms with E-state index < -0.39 is 0 Å². The van der Waals surface area contributed by atoms with Gasteiger partial charge in [0.15, 0.2) is 0 Å². The van der Waals surface area contributed by atoms with Crippen molar-refractivity contribution >= 4 is 5.91 Å². The first kappa shape index (κ1) is 12.5. The molecule has 1 heterocycles. The highest BCUT2D eigenvalue weighted by Crippen LogP contribution is 2.14. The lowest BCUT2D eigenvalue weighted by Gasteiger charge is -2.33. The summed E-state index contributed by atoms with van der Waals surface area (Å²) in [6.07, 6.45) is 2.29. The summed E-state index contributed by atoms with van der Waals surface area (Å²) in [7, 11) is 1.81. The van der Waals surface area contributed by atoms with Crippen LogP contribution < -0.4 is 5.32 Å². The second-order valence-electron chi connectivity index (χ2n) is 3.99. The fraction of sp³-hybridized carbons (Fsp3) is 0.909. The van der Waals surface area contributed by atoms with E-state index in [1.165, 1.54) is 0 Å². The molecule has 1 aliphatic heterocycles. The SMILES string of the molecule is CCOC1CCN(C(=O)C(C)NC)CC1. The molecule has 1 saturated heterocycles. The Labute approximate surface area is 92.0 Å². The van der Waals surface area contributed by atoms with E-state index in [0.717, 1.165) is 32.5 Å². The van der Waals surface area contributed by atoms with Gasteiger partial charge < -0.3 is 15.0 Å². The molecule has 0 aromatic heterocycles. The molecule has 1 aliphatic rings. The lowest BCUT2D eigenvalue weighted by atomic mass is 10.1. The van der Waals surface area contributed by atoms with Gasteiger partial charge in [-0.2, -0.15) is 0 Å². The van der Waals surface area contributed by atoms with E-state index in [-0.39, 0.29) is 11.9 Å². The molecule has 4 heteroatoms. The van der Waals surface area contributed by atoms with Crippen LogP contribution in [0.3, 0.4) is 0 Å². The number of nitrogens with zero attached hydrogens (tertiary/aromatic N) is 1. The summed E-state index contributed by atoms with van der Waals surface area (Å²) in [6.45, 7) is 6.34. The zero-order valence-electron chi connectivity index (χ0n) is 9.95. The number of hydrogen-bond acceptors (Lipinski definition) is 3. The van der Waals surface area contributed by atoms with E-state index in [2.05, 4.69) is 5.32 Å². The van der Waals surface area contributed by atoms with Crippen molar-refractivity contribution in [1.29, 1.82) is 0 Å². The summed E-state index contributed by atoms with van der Waals surface area (Å²) in [5, 5.41) is 2.98. The highest BCUT2D eigenvalue weighted by atomic mass is 16.5. The van der Waals surface area contributed by atoms with E-state index in [1.807, 2.05) is 25.8 Å². The van der Waals surface area contributed by atoms with E-state index >= 15 is 0 Å². The number of piperidine rings is 1. The van der Waals surface area contributed by atoms with Crippen LogP contribution in [0.1, 0.15) is 26.7 Å². The zero-order valence-corrected chi connectivity index (χ0v) is 9.95. The first-order chi connectivity index (χ1) is 7.19. The number of rotatable bonds is 4. The van der Waals surface area contributed by atoms with Gasteiger partial charge in [0.25, 0.3) is 0 Å². The van der Waals surface area contributed by atoms with Crippen molar-refractivity contribution in [3.8, 4) is 0 Å². The van der Waals surface area contributed by atoms with Crippen molar-refractivity contribution in [1.82, 2.24) is 10.2 Å². The smallest absolute Gasteiger partial charge is 0.239 e. The maximum Gasteiger partial charge on any atom is 0.239 e. The average molecular weight is 214 g/mol. The number of carbonyl (C=O) groups excluding carboxylic acids is 1. The summed E-state index contributed by atoms with van der Waals surface area (Å²) < 4.78 is 5.54. The molecule has 0 saturated carbocycles. The van der Waals surface area contributed by atoms with Crippen LogP contribution in [-0.4, -0.2) is 49.7 Å². The Kier molecular flexibility index (Phi) is 5.05. The Morgan fingerprint density at radius 2 is 2.13 bits per heavy atom. The van der Waals surface area contributed by atoms with E-state index in [9.17, 15) is 4.79 Å². The predicted octanol–water partition coefficient (Wildman–Crippen LogP) is 0.622. The van der Waals surface area contributed by atoms with Crippen molar-refractivity contribution in [2.45, 2.75) is 38.8 Å². The molecule has 1 fully saturated rings. The van der Waals surface area contributed by atoms with Crippen LogP contribution in [-0.2, 0) is 9.53 Å². The Balaban J connectivity index is 2.33. The van der Waals surface area contributed by atoms with Crippen molar-refractivity contribution < 1.29 is 9.53 Å². The van der Waals surface area contributed by atoms with Gasteiger partial charge in [-0.15, -0.1) is 0 Å². The molecule has 0 spiro atoms. The molecule has 88 valence electrons. The lowest BCUT2D eigenvalue weighted by Crippen LogP contribution is -2.48. The van der Waals surface area contributed by atoms with Crippen molar-refractivity contribution in [3.63, 3.8) is 0 Å². The van der Waals surface area contributed by atoms with Gasteiger partial charge in [0.2, 0.25) is 5.91 Å². The van der Waals surface area contributed by atoms with Crippen LogP contribution in [0.5, 0.6) is 0 Å². The largest absolute Gasteiger partial charge is 0.378 e. The Hall–Kier alpha value is -0.610. The first-order valence-electron chi connectivity index (χ1n) is 5.76. The minimum Gasteiger partial charge on any atom is -0.378 e. The molecule has 1 atom stereocenters. The summed E-state index contributed by atoms with van der Waals surface area (Å²) in [6, 6.07) is -0.0753. The van der Waals surface area contributed by atoms with Gasteiger partial charge in [-0.1, -0.05) is 0 Å². The van der Waals surface area contributed by atoms with Gasteiger partial charge in [-0.25, -0.2) is 0 Å². The third kappa shape index (κ3) is 3.47. The van der Waals surface area contributed by atoms with Gasteiger partial charge in [0.1, 0.15) is 0 Å². The molecular formula is C11H22N2O2. The quantitative estimate of drug-likeness (QED) is 0.746. The third-order valence-corrected chi connectivity index (χ3v) is 2.96. The van der Waals surface area contributed by atoms with Crippen LogP contribution in [0, 0.1) is 0 Å². The molecular weight excluding hydrogens is 192 g/mol. The topological polar surface area (TPSA) is 41.6 Å². The van der Waals surface area contributed by atoms with E-state index in [1.54, 1.807) is 0 Å². The van der Waals surface area contributed by atoms with E-state index in [4.69, 9.17) is 4.74 Å². The van der Waals surface area contributed by atoms with Crippen LogP contribution in [0.25, 0.3) is 0 Å². The zero-order chi connectivity index (χ0) is 11.3. The highest BCUT2D eigenvalue weighted by Gasteiger charge is 2.25. The Bertz CT molecular complexity index is 201. The molecule has 1 N–H and O–H groups in total. The number of likely N-dealkylation sites (tertiary alicyclic amines) is 1. The Morgan fingerprint density at radius 3 is 2.60 bits per heavy atom. The average Bonchev–Trinajstić information content (AvgIpc) is 2.28. The number of amides is 1.